The minimum atomic E-state index is -0.315. The summed E-state index contributed by atoms with van der Waals surface area (Å²) in [6.07, 6.45) is 10.2. The highest BCUT2D eigenvalue weighted by atomic mass is 16.5. The van der Waals surface area contributed by atoms with E-state index in [-0.39, 0.29) is 5.97 Å². The summed E-state index contributed by atoms with van der Waals surface area (Å²) in [7, 11) is 0. The number of esters is 1. The maximum absolute atomic E-state index is 11.4. The van der Waals surface area contributed by atoms with Gasteiger partial charge in [-0.05, 0) is 48.7 Å². The monoisotopic (exact) mass is 256 g/mol. The van der Waals surface area contributed by atoms with Crippen LogP contribution in [0.15, 0.2) is 48.9 Å². The number of aromatic nitrogens is 2. The van der Waals surface area contributed by atoms with E-state index < -0.39 is 0 Å². The van der Waals surface area contributed by atoms with Gasteiger partial charge in [-0.25, -0.2) is 4.79 Å². The van der Waals surface area contributed by atoms with E-state index >= 15 is 0 Å². The normalized spacial score (nSPS) is 10.7. The molecule has 0 saturated carbocycles. The molecular formula is C15H16N2O2. The first-order chi connectivity index (χ1) is 9.34. The van der Waals surface area contributed by atoms with Crippen molar-refractivity contribution in [3.05, 3.63) is 60.2 Å². The van der Waals surface area contributed by atoms with Gasteiger partial charge in [-0.3, -0.25) is 4.98 Å². The average molecular weight is 256 g/mol. The van der Waals surface area contributed by atoms with Gasteiger partial charge in [-0.15, -0.1) is 0 Å². The quantitative estimate of drug-likeness (QED) is 0.491. The summed E-state index contributed by atoms with van der Waals surface area (Å²) in [5.74, 6) is -0.315. The summed E-state index contributed by atoms with van der Waals surface area (Å²) in [4.78, 5) is 18.4. The van der Waals surface area contributed by atoms with Crippen molar-refractivity contribution in [1.29, 1.82) is 0 Å². The molecule has 4 heteroatoms. The van der Waals surface area contributed by atoms with Crippen molar-refractivity contribution in [1.82, 2.24) is 9.97 Å². The third-order valence-corrected chi connectivity index (χ3v) is 2.62. The van der Waals surface area contributed by atoms with Crippen LogP contribution in [0.25, 0.3) is 6.08 Å². The van der Waals surface area contributed by atoms with Gasteiger partial charge in [0.05, 0.1) is 6.61 Å². The molecule has 0 bridgehead atoms. The molecule has 0 saturated heterocycles. The second kappa shape index (κ2) is 7.16. The van der Waals surface area contributed by atoms with E-state index in [1.807, 2.05) is 24.3 Å². The Morgan fingerprint density at radius 2 is 2.16 bits per heavy atom. The summed E-state index contributed by atoms with van der Waals surface area (Å²) < 4.78 is 5.11. The van der Waals surface area contributed by atoms with Gasteiger partial charge in [0.1, 0.15) is 0 Å². The molecule has 0 spiro atoms. The van der Waals surface area contributed by atoms with Gasteiger partial charge in [0.25, 0.3) is 0 Å². The fourth-order valence-electron chi connectivity index (χ4n) is 1.65. The summed E-state index contributed by atoms with van der Waals surface area (Å²) in [6.45, 7) is 0.427. The molecule has 98 valence electrons. The van der Waals surface area contributed by atoms with Gasteiger partial charge in [-0.1, -0.05) is 0 Å². The van der Waals surface area contributed by atoms with Crippen LogP contribution in [0.1, 0.15) is 17.7 Å². The maximum atomic E-state index is 11.4. The van der Waals surface area contributed by atoms with Crippen LogP contribution in [0.3, 0.4) is 0 Å². The van der Waals surface area contributed by atoms with E-state index in [9.17, 15) is 4.79 Å². The molecule has 2 heterocycles. The number of carbonyl (C=O) groups is 1. The van der Waals surface area contributed by atoms with Crippen LogP contribution in [0.5, 0.6) is 0 Å². The highest BCUT2D eigenvalue weighted by Crippen LogP contribution is 2.02. The molecule has 0 aromatic carbocycles. The molecule has 0 atom stereocenters. The summed E-state index contributed by atoms with van der Waals surface area (Å²) >= 11 is 0. The zero-order valence-corrected chi connectivity index (χ0v) is 10.6. The van der Waals surface area contributed by atoms with Crippen LogP contribution >= 0.6 is 0 Å². The van der Waals surface area contributed by atoms with Gasteiger partial charge < -0.3 is 9.72 Å². The van der Waals surface area contributed by atoms with Crippen molar-refractivity contribution in [3.8, 4) is 0 Å². The van der Waals surface area contributed by atoms with Crippen LogP contribution in [-0.2, 0) is 16.0 Å². The first-order valence-corrected chi connectivity index (χ1v) is 6.22. The van der Waals surface area contributed by atoms with Crippen molar-refractivity contribution >= 4 is 12.0 Å². The first-order valence-electron chi connectivity index (χ1n) is 6.22. The summed E-state index contributed by atoms with van der Waals surface area (Å²) in [5.41, 5.74) is 2.08. The third-order valence-electron chi connectivity index (χ3n) is 2.62. The molecule has 1 N–H and O–H groups in total. The number of aryl methyl sites for hydroxylation is 1. The van der Waals surface area contributed by atoms with Gasteiger partial charge in [-0.2, -0.15) is 0 Å². The lowest BCUT2D eigenvalue weighted by Crippen LogP contribution is -2.03. The van der Waals surface area contributed by atoms with Crippen molar-refractivity contribution in [2.45, 2.75) is 12.8 Å². The first kappa shape index (κ1) is 13.1. The molecule has 0 fully saturated rings. The fraction of sp³-hybridized carbons (Fsp3) is 0.200. The zero-order valence-electron chi connectivity index (χ0n) is 10.6. The predicted octanol–water partition coefficient (Wildman–Crippen LogP) is 2.60. The predicted molar refractivity (Wildman–Crippen MR) is 73.3 cm³/mol. The largest absolute Gasteiger partial charge is 0.463 e. The summed E-state index contributed by atoms with van der Waals surface area (Å²) in [5, 5.41) is 0. The van der Waals surface area contributed by atoms with E-state index in [2.05, 4.69) is 9.97 Å². The molecule has 4 nitrogen and oxygen atoms in total. The molecule has 0 aliphatic heterocycles. The Bertz CT molecular complexity index is 518. The SMILES string of the molecule is O=C(/C=C/c1ccc[nH]1)OCCCc1ccncc1. The van der Waals surface area contributed by atoms with E-state index in [0.717, 1.165) is 18.5 Å². The number of nitrogens with zero attached hydrogens (tertiary/aromatic N) is 1. The van der Waals surface area contributed by atoms with Gasteiger partial charge >= 0.3 is 5.97 Å². The standard InChI is InChI=1S/C15H16N2O2/c18-15(6-5-14-4-1-9-17-14)19-12-2-3-13-7-10-16-11-8-13/h1,4-11,17H,2-3,12H2/b6-5+. The lowest BCUT2D eigenvalue weighted by molar-refractivity contribution is -0.137. The third kappa shape index (κ3) is 4.79. The Balaban J connectivity index is 1.64. The smallest absolute Gasteiger partial charge is 0.330 e. The molecule has 2 aromatic heterocycles. The second-order valence-electron chi connectivity index (χ2n) is 4.09. The molecule has 0 aliphatic carbocycles. The molecule has 2 aromatic rings. The fourth-order valence-corrected chi connectivity index (χ4v) is 1.65. The number of pyridine rings is 1. The maximum Gasteiger partial charge on any atom is 0.330 e. The highest BCUT2D eigenvalue weighted by Gasteiger charge is 1.98. The van der Waals surface area contributed by atoms with Crippen molar-refractivity contribution in [3.63, 3.8) is 0 Å². The Labute approximate surface area is 112 Å². The number of carbonyl (C=O) groups excluding carboxylic acids is 1. The average Bonchev–Trinajstić information content (AvgIpc) is 2.96. The molecule has 0 radical (unpaired) electrons. The minimum absolute atomic E-state index is 0.315. The molecule has 0 aliphatic rings. The van der Waals surface area contributed by atoms with Crippen LogP contribution in [0, 0.1) is 0 Å². The number of ether oxygens (including phenoxy) is 1. The van der Waals surface area contributed by atoms with Crippen LogP contribution < -0.4 is 0 Å². The number of nitrogens with one attached hydrogen (secondary N) is 1. The van der Waals surface area contributed by atoms with Gasteiger partial charge in [0, 0.05) is 30.4 Å². The lowest BCUT2D eigenvalue weighted by Gasteiger charge is -2.02. The number of aromatic amines is 1. The van der Waals surface area contributed by atoms with Crippen molar-refractivity contribution in [2.75, 3.05) is 6.61 Å². The van der Waals surface area contributed by atoms with Gasteiger partial charge in [0.15, 0.2) is 0 Å². The van der Waals surface area contributed by atoms with Crippen molar-refractivity contribution < 1.29 is 9.53 Å². The number of hydrogen-bond acceptors (Lipinski definition) is 3. The Morgan fingerprint density at radius 3 is 2.89 bits per heavy atom. The molecule has 0 amide bonds. The number of hydrogen-bond donors (Lipinski definition) is 1. The molecule has 2 rings (SSSR count). The summed E-state index contributed by atoms with van der Waals surface area (Å²) in [6, 6.07) is 7.69. The topological polar surface area (TPSA) is 55.0 Å². The highest BCUT2D eigenvalue weighted by molar-refractivity contribution is 5.86. The molecular weight excluding hydrogens is 240 g/mol. The Hall–Kier alpha value is -2.36. The molecule has 19 heavy (non-hydrogen) atoms. The molecule has 0 unspecified atom stereocenters. The van der Waals surface area contributed by atoms with E-state index in [0.29, 0.717) is 6.61 Å². The zero-order chi connectivity index (χ0) is 13.3. The van der Waals surface area contributed by atoms with Crippen LogP contribution in [0.2, 0.25) is 0 Å². The van der Waals surface area contributed by atoms with E-state index in [1.165, 1.54) is 11.6 Å². The number of H-pyrrole nitrogens is 1. The van der Waals surface area contributed by atoms with Crippen LogP contribution in [-0.4, -0.2) is 22.5 Å². The second-order valence-corrected chi connectivity index (χ2v) is 4.09. The minimum Gasteiger partial charge on any atom is -0.463 e. The Morgan fingerprint density at radius 1 is 1.32 bits per heavy atom. The van der Waals surface area contributed by atoms with Crippen molar-refractivity contribution in [2.24, 2.45) is 0 Å². The van der Waals surface area contributed by atoms with E-state index in [4.69, 9.17) is 4.74 Å². The Kier molecular flexibility index (Phi) is 4.93. The van der Waals surface area contributed by atoms with Gasteiger partial charge in [0.2, 0.25) is 0 Å². The van der Waals surface area contributed by atoms with Crippen LogP contribution in [0.4, 0.5) is 0 Å². The lowest BCUT2D eigenvalue weighted by atomic mass is 10.1. The van der Waals surface area contributed by atoms with E-state index in [1.54, 1.807) is 24.7 Å². The number of rotatable bonds is 6.